The van der Waals surface area contributed by atoms with Crippen molar-refractivity contribution in [3.63, 3.8) is 0 Å². The van der Waals surface area contributed by atoms with Crippen LogP contribution in [0.15, 0.2) is 53.5 Å². The van der Waals surface area contributed by atoms with Crippen LogP contribution in [0.25, 0.3) is 0 Å². The smallest absolute Gasteiger partial charge is 0.193 e. The SMILES string of the molecule is CCc1cccc(NC(N)=NCCN2CCN(c3ccc(F)cc3)CC2)c1.I. The molecule has 1 heterocycles. The van der Waals surface area contributed by atoms with E-state index in [2.05, 4.69) is 39.2 Å². The third-order valence-electron chi connectivity index (χ3n) is 4.87. The lowest BCUT2D eigenvalue weighted by atomic mass is 10.1. The van der Waals surface area contributed by atoms with Gasteiger partial charge >= 0.3 is 0 Å². The summed E-state index contributed by atoms with van der Waals surface area (Å²) < 4.78 is 13.0. The van der Waals surface area contributed by atoms with Gasteiger partial charge < -0.3 is 16.0 Å². The van der Waals surface area contributed by atoms with E-state index in [0.29, 0.717) is 12.5 Å². The van der Waals surface area contributed by atoms with E-state index in [1.54, 1.807) is 0 Å². The van der Waals surface area contributed by atoms with Crippen molar-refractivity contribution in [2.75, 3.05) is 49.5 Å². The number of piperazine rings is 1. The quantitative estimate of drug-likeness (QED) is 0.364. The van der Waals surface area contributed by atoms with Gasteiger partial charge in [0.1, 0.15) is 5.82 Å². The number of hydrogen-bond donors (Lipinski definition) is 2. The normalized spacial score (nSPS) is 15.2. The van der Waals surface area contributed by atoms with Gasteiger partial charge in [0.15, 0.2) is 5.96 Å². The largest absolute Gasteiger partial charge is 0.370 e. The molecule has 0 aromatic heterocycles. The van der Waals surface area contributed by atoms with Crippen molar-refractivity contribution in [1.29, 1.82) is 0 Å². The molecule has 0 amide bonds. The third kappa shape index (κ3) is 6.63. The van der Waals surface area contributed by atoms with Crippen LogP contribution in [0.5, 0.6) is 0 Å². The van der Waals surface area contributed by atoms with Crippen molar-refractivity contribution in [3.05, 3.63) is 59.9 Å². The second-order valence-corrected chi connectivity index (χ2v) is 6.75. The van der Waals surface area contributed by atoms with Crippen molar-refractivity contribution in [2.24, 2.45) is 10.7 Å². The molecule has 1 saturated heterocycles. The second kappa shape index (κ2) is 11.2. The molecule has 3 N–H and O–H groups in total. The van der Waals surface area contributed by atoms with E-state index in [1.807, 2.05) is 24.3 Å². The Hall–Kier alpha value is -1.87. The van der Waals surface area contributed by atoms with Gasteiger partial charge in [0.25, 0.3) is 0 Å². The number of nitrogens with zero attached hydrogens (tertiary/aromatic N) is 3. The molecule has 2 aromatic carbocycles. The maximum atomic E-state index is 13.0. The van der Waals surface area contributed by atoms with Gasteiger partial charge in [-0.1, -0.05) is 19.1 Å². The highest BCUT2D eigenvalue weighted by Crippen LogP contribution is 2.16. The van der Waals surface area contributed by atoms with Gasteiger partial charge in [0.05, 0.1) is 6.54 Å². The van der Waals surface area contributed by atoms with Crippen LogP contribution in [0, 0.1) is 5.82 Å². The number of benzene rings is 2. The highest BCUT2D eigenvalue weighted by molar-refractivity contribution is 14.0. The summed E-state index contributed by atoms with van der Waals surface area (Å²) in [6, 6.07) is 14.9. The summed E-state index contributed by atoms with van der Waals surface area (Å²) in [6.07, 6.45) is 0.996. The number of anilines is 2. The molecule has 152 valence electrons. The molecule has 0 aliphatic carbocycles. The van der Waals surface area contributed by atoms with Gasteiger partial charge in [-0.2, -0.15) is 0 Å². The van der Waals surface area contributed by atoms with Gasteiger partial charge in [0.2, 0.25) is 0 Å². The maximum Gasteiger partial charge on any atom is 0.193 e. The number of rotatable bonds is 6. The zero-order valence-corrected chi connectivity index (χ0v) is 18.6. The molecule has 0 saturated carbocycles. The molecule has 7 heteroatoms. The fourth-order valence-corrected chi connectivity index (χ4v) is 3.25. The lowest BCUT2D eigenvalue weighted by Crippen LogP contribution is -2.47. The van der Waals surface area contributed by atoms with Gasteiger partial charge in [-0.15, -0.1) is 24.0 Å². The highest BCUT2D eigenvalue weighted by Gasteiger charge is 2.16. The van der Waals surface area contributed by atoms with Crippen molar-refractivity contribution in [1.82, 2.24) is 4.90 Å². The van der Waals surface area contributed by atoms with Gasteiger partial charge in [0, 0.05) is 44.1 Å². The summed E-state index contributed by atoms with van der Waals surface area (Å²) in [5, 5.41) is 3.16. The first-order valence-corrected chi connectivity index (χ1v) is 9.53. The number of nitrogens with two attached hydrogens (primary N) is 1. The number of aryl methyl sites for hydroxylation is 1. The van der Waals surface area contributed by atoms with Gasteiger partial charge in [-0.3, -0.25) is 9.89 Å². The molecule has 5 nitrogen and oxygen atoms in total. The summed E-state index contributed by atoms with van der Waals surface area (Å²) in [6.45, 7) is 7.50. The Morgan fingerprint density at radius 2 is 1.82 bits per heavy atom. The Labute approximate surface area is 183 Å². The van der Waals surface area contributed by atoms with Crippen molar-refractivity contribution >= 4 is 41.3 Å². The van der Waals surface area contributed by atoms with Crippen molar-refractivity contribution in [2.45, 2.75) is 13.3 Å². The molecule has 2 aromatic rings. The Bertz CT molecular complexity index is 758. The van der Waals surface area contributed by atoms with E-state index in [0.717, 1.165) is 50.5 Å². The molecular weight excluding hydrogens is 468 g/mol. The standard InChI is InChI=1S/C21H28FN5.HI/c1-2-17-4-3-5-19(16-17)25-21(23)24-10-11-26-12-14-27(15-13-26)20-8-6-18(22)7-9-20;/h3-9,16H,2,10-15H2,1H3,(H3,23,24,25);1H. The topological polar surface area (TPSA) is 56.9 Å². The number of guanidine groups is 1. The van der Waals surface area contributed by atoms with Gasteiger partial charge in [-0.25, -0.2) is 4.39 Å². The molecule has 3 rings (SSSR count). The highest BCUT2D eigenvalue weighted by atomic mass is 127. The number of halogens is 2. The van der Waals surface area contributed by atoms with E-state index in [4.69, 9.17) is 5.73 Å². The van der Waals surface area contributed by atoms with Gasteiger partial charge in [-0.05, 0) is 48.4 Å². The van der Waals surface area contributed by atoms with Crippen molar-refractivity contribution < 1.29 is 4.39 Å². The van der Waals surface area contributed by atoms with E-state index in [9.17, 15) is 4.39 Å². The molecule has 0 unspecified atom stereocenters. The molecule has 0 atom stereocenters. The van der Waals surface area contributed by atoms with Crippen LogP contribution >= 0.6 is 24.0 Å². The van der Waals surface area contributed by atoms with E-state index >= 15 is 0 Å². The summed E-state index contributed by atoms with van der Waals surface area (Å²) in [4.78, 5) is 9.11. The Morgan fingerprint density at radius 1 is 1.11 bits per heavy atom. The minimum Gasteiger partial charge on any atom is -0.370 e. The van der Waals surface area contributed by atoms with Crippen LogP contribution < -0.4 is 16.0 Å². The molecular formula is C21H29FIN5. The molecule has 1 aliphatic rings. The summed E-state index contributed by atoms with van der Waals surface area (Å²) in [5.41, 5.74) is 9.33. The maximum absolute atomic E-state index is 13.0. The van der Waals surface area contributed by atoms with Crippen LogP contribution in [0.1, 0.15) is 12.5 Å². The first-order valence-electron chi connectivity index (χ1n) is 9.53. The Morgan fingerprint density at radius 3 is 2.50 bits per heavy atom. The van der Waals surface area contributed by atoms with Crippen LogP contribution in [0.2, 0.25) is 0 Å². The van der Waals surface area contributed by atoms with Crippen LogP contribution in [-0.2, 0) is 6.42 Å². The fourth-order valence-electron chi connectivity index (χ4n) is 3.25. The molecule has 28 heavy (non-hydrogen) atoms. The number of nitrogens with one attached hydrogen (secondary N) is 1. The zero-order valence-electron chi connectivity index (χ0n) is 16.3. The van der Waals surface area contributed by atoms with Crippen LogP contribution in [0.4, 0.5) is 15.8 Å². The zero-order chi connectivity index (χ0) is 19.1. The minimum atomic E-state index is -0.192. The number of hydrogen-bond acceptors (Lipinski definition) is 3. The molecule has 1 fully saturated rings. The molecule has 0 bridgehead atoms. The number of aliphatic imine (C=N–C) groups is 1. The lowest BCUT2D eigenvalue weighted by molar-refractivity contribution is 0.265. The van der Waals surface area contributed by atoms with E-state index in [1.165, 1.54) is 17.7 Å². The monoisotopic (exact) mass is 497 g/mol. The average Bonchev–Trinajstić information content (AvgIpc) is 2.69. The summed E-state index contributed by atoms with van der Waals surface area (Å²) in [5.74, 6) is 0.260. The molecule has 0 spiro atoms. The first kappa shape index (κ1) is 22.4. The summed E-state index contributed by atoms with van der Waals surface area (Å²) >= 11 is 0. The van der Waals surface area contributed by atoms with E-state index in [-0.39, 0.29) is 29.8 Å². The van der Waals surface area contributed by atoms with Crippen LogP contribution in [0.3, 0.4) is 0 Å². The fraction of sp³-hybridized carbons (Fsp3) is 0.381. The third-order valence-corrected chi connectivity index (χ3v) is 4.87. The predicted octanol–water partition coefficient (Wildman–Crippen LogP) is 3.55. The van der Waals surface area contributed by atoms with Crippen molar-refractivity contribution in [3.8, 4) is 0 Å². The van der Waals surface area contributed by atoms with Crippen LogP contribution in [-0.4, -0.2) is 50.1 Å². The molecule has 0 radical (unpaired) electrons. The van der Waals surface area contributed by atoms with E-state index < -0.39 is 0 Å². The average molecular weight is 497 g/mol. The summed E-state index contributed by atoms with van der Waals surface area (Å²) in [7, 11) is 0. The second-order valence-electron chi connectivity index (χ2n) is 6.75. The Balaban J connectivity index is 0.00000280. The first-order chi connectivity index (χ1) is 13.1. The predicted molar refractivity (Wildman–Crippen MR) is 126 cm³/mol. The Kier molecular flexibility index (Phi) is 8.98. The molecule has 1 aliphatic heterocycles. The minimum absolute atomic E-state index is 0. The lowest BCUT2D eigenvalue weighted by Gasteiger charge is -2.35.